The second-order valence-electron chi connectivity index (χ2n) is 4.53. The van der Waals surface area contributed by atoms with Crippen molar-refractivity contribution >= 4 is 0 Å². The van der Waals surface area contributed by atoms with Crippen LogP contribution in [-0.4, -0.2) is 25.8 Å². The van der Waals surface area contributed by atoms with Gasteiger partial charge in [0, 0.05) is 13.0 Å². The number of hydrogen-bond acceptors (Lipinski definition) is 4. The molecule has 1 aliphatic heterocycles. The predicted molar refractivity (Wildman–Crippen MR) is 72.4 cm³/mol. The first-order valence-corrected chi connectivity index (χ1v) is 6.94. The molecule has 1 saturated heterocycles. The van der Waals surface area contributed by atoms with Crippen molar-refractivity contribution in [2.45, 2.75) is 45.7 Å². The first-order chi connectivity index (χ1) is 9.28. The minimum Gasteiger partial charge on any atom is -0.465 e. The maximum absolute atomic E-state index is 5.75. The van der Waals surface area contributed by atoms with Gasteiger partial charge in [-0.3, -0.25) is 0 Å². The van der Waals surface area contributed by atoms with Crippen LogP contribution in [0.5, 0.6) is 11.5 Å². The normalized spacial score (nSPS) is 20.8. The fraction of sp³-hybridized carbons (Fsp3) is 0.600. The molecule has 19 heavy (non-hydrogen) atoms. The van der Waals surface area contributed by atoms with Gasteiger partial charge in [0.05, 0.1) is 6.61 Å². The van der Waals surface area contributed by atoms with E-state index in [9.17, 15) is 0 Å². The van der Waals surface area contributed by atoms with E-state index in [1.165, 1.54) is 0 Å². The molecule has 1 fully saturated rings. The second kappa shape index (κ2) is 7.36. The Hall–Kier alpha value is -1.26. The maximum atomic E-state index is 5.75. The van der Waals surface area contributed by atoms with Crippen LogP contribution in [-0.2, 0) is 9.47 Å². The summed E-state index contributed by atoms with van der Waals surface area (Å²) in [7, 11) is 0. The van der Waals surface area contributed by atoms with Crippen molar-refractivity contribution in [1.29, 1.82) is 0 Å². The summed E-state index contributed by atoms with van der Waals surface area (Å²) in [5.74, 6) is 1.58. The van der Waals surface area contributed by atoms with Gasteiger partial charge < -0.3 is 18.9 Å². The van der Waals surface area contributed by atoms with Crippen molar-refractivity contribution in [3.63, 3.8) is 0 Å². The number of ether oxygens (including phenoxy) is 4. The van der Waals surface area contributed by atoms with Gasteiger partial charge >= 0.3 is 0 Å². The minimum absolute atomic E-state index is 0.108. The summed E-state index contributed by atoms with van der Waals surface area (Å²) in [5, 5.41) is 0. The quantitative estimate of drug-likeness (QED) is 0.740. The van der Waals surface area contributed by atoms with Crippen LogP contribution in [0.1, 0.15) is 33.1 Å². The SMILES string of the molecule is CCOC(C)Oc1ccc(OC2CCCCO2)cc1. The van der Waals surface area contributed by atoms with Crippen LogP contribution < -0.4 is 9.47 Å². The lowest BCUT2D eigenvalue weighted by molar-refractivity contribution is -0.106. The molecule has 1 aliphatic rings. The van der Waals surface area contributed by atoms with Gasteiger partial charge in [0.2, 0.25) is 0 Å². The van der Waals surface area contributed by atoms with E-state index in [-0.39, 0.29) is 12.6 Å². The molecule has 1 aromatic rings. The van der Waals surface area contributed by atoms with E-state index in [4.69, 9.17) is 18.9 Å². The van der Waals surface area contributed by atoms with E-state index in [0.717, 1.165) is 37.4 Å². The van der Waals surface area contributed by atoms with Crippen molar-refractivity contribution in [2.75, 3.05) is 13.2 Å². The summed E-state index contributed by atoms with van der Waals surface area (Å²) in [5.41, 5.74) is 0. The Kier molecular flexibility index (Phi) is 5.48. The molecule has 0 aromatic heterocycles. The lowest BCUT2D eigenvalue weighted by atomic mass is 10.2. The van der Waals surface area contributed by atoms with E-state index >= 15 is 0 Å². The third-order valence-electron chi connectivity index (χ3n) is 2.93. The Bertz CT molecular complexity index is 357. The summed E-state index contributed by atoms with van der Waals surface area (Å²) in [4.78, 5) is 0. The largest absolute Gasteiger partial charge is 0.465 e. The summed E-state index contributed by atoms with van der Waals surface area (Å²) >= 11 is 0. The van der Waals surface area contributed by atoms with Gasteiger partial charge in [0.25, 0.3) is 0 Å². The monoisotopic (exact) mass is 266 g/mol. The van der Waals surface area contributed by atoms with Crippen LogP contribution in [0.15, 0.2) is 24.3 Å². The highest BCUT2D eigenvalue weighted by Gasteiger charge is 2.15. The maximum Gasteiger partial charge on any atom is 0.199 e. The van der Waals surface area contributed by atoms with Crippen molar-refractivity contribution in [3.8, 4) is 11.5 Å². The average molecular weight is 266 g/mol. The summed E-state index contributed by atoms with van der Waals surface area (Å²) in [6.07, 6.45) is 2.90. The standard InChI is InChI=1S/C15H22O4/c1-3-16-12(2)18-13-7-9-14(10-8-13)19-15-6-4-5-11-17-15/h7-10,12,15H,3-6,11H2,1-2H3. The molecule has 1 aromatic carbocycles. The third-order valence-corrected chi connectivity index (χ3v) is 2.93. The minimum atomic E-state index is -0.238. The van der Waals surface area contributed by atoms with Gasteiger partial charge in [-0.25, -0.2) is 0 Å². The molecule has 0 N–H and O–H groups in total. The predicted octanol–water partition coefficient (Wildman–Crippen LogP) is 3.35. The third kappa shape index (κ3) is 4.73. The zero-order valence-electron chi connectivity index (χ0n) is 11.6. The van der Waals surface area contributed by atoms with Gasteiger partial charge in [-0.15, -0.1) is 0 Å². The summed E-state index contributed by atoms with van der Waals surface area (Å²) < 4.78 is 22.2. The van der Waals surface area contributed by atoms with Crippen LogP contribution in [0.2, 0.25) is 0 Å². The smallest absolute Gasteiger partial charge is 0.199 e. The fourth-order valence-corrected chi connectivity index (χ4v) is 2.01. The van der Waals surface area contributed by atoms with Crippen LogP contribution in [0, 0.1) is 0 Å². The van der Waals surface area contributed by atoms with Gasteiger partial charge in [-0.1, -0.05) is 0 Å². The molecule has 4 nitrogen and oxygen atoms in total. The molecule has 1 heterocycles. The van der Waals surface area contributed by atoms with E-state index in [1.54, 1.807) is 0 Å². The molecular weight excluding hydrogens is 244 g/mol. The first-order valence-electron chi connectivity index (χ1n) is 6.94. The van der Waals surface area contributed by atoms with Crippen molar-refractivity contribution in [2.24, 2.45) is 0 Å². The van der Waals surface area contributed by atoms with E-state index in [0.29, 0.717) is 6.61 Å². The zero-order chi connectivity index (χ0) is 13.5. The molecule has 0 spiro atoms. The number of hydrogen-bond donors (Lipinski definition) is 0. The summed E-state index contributed by atoms with van der Waals surface area (Å²) in [6, 6.07) is 7.55. The van der Waals surface area contributed by atoms with Gasteiger partial charge in [0.15, 0.2) is 12.6 Å². The molecule has 4 heteroatoms. The van der Waals surface area contributed by atoms with Crippen molar-refractivity contribution < 1.29 is 18.9 Å². The highest BCUT2D eigenvalue weighted by atomic mass is 16.7. The van der Waals surface area contributed by atoms with E-state index in [1.807, 2.05) is 38.1 Å². The van der Waals surface area contributed by atoms with Crippen LogP contribution in [0.25, 0.3) is 0 Å². The van der Waals surface area contributed by atoms with Crippen molar-refractivity contribution in [1.82, 2.24) is 0 Å². The number of rotatable bonds is 6. The lowest BCUT2D eigenvalue weighted by Gasteiger charge is -2.23. The first kappa shape index (κ1) is 14.2. The molecule has 0 bridgehead atoms. The Balaban J connectivity index is 1.83. The molecule has 0 aliphatic carbocycles. The summed E-state index contributed by atoms with van der Waals surface area (Å²) in [6.45, 7) is 5.25. The highest BCUT2D eigenvalue weighted by Crippen LogP contribution is 2.22. The van der Waals surface area contributed by atoms with E-state index in [2.05, 4.69) is 0 Å². The molecule has 0 radical (unpaired) electrons. The zero-order valence-corrected chi connectivity index (χ0v) is 11.6. The lowest BCUT2D eigenvalue weighted by Crippen LogP contribution is -2.24. The molecular formula is C15H22O4. The Morgan fingerprint density at radius 1 is 1.21 bits per heavy atom. The Labute approximate surface area is 114 Å². The van der Waals surface area contributed by atoms with Crippen LogP contribution in [0.3, 0.4) is 0 Å². The van der Waals surface area contributed by atoms with Gasteiger partial charge in [-0.2, -0.15) is 0 Å². The molecule has 2 atom stereocenters. The molecule has 106 valence electrons. The average Bonchev–Trinajstić information content (AvgIpc) is 2.42. The Morgan fingerprint density at radius 2 is 1.95 bits per heavy atom. The van der Waals surface area contributed by atoms with E-state index < -0.39 is 0 Å². The Morgan fingerprint density at radius 3 is 2.58 bits per heavy atom. The van der Waals surface area contributed by atoms with Gasteiger partial charge in [0.1, 0.15) is 11.5 Å². The van der Waals surface area contributed by atoms with Crippen molar-refractivity contribution in [3.05, 3.63) is 24.3 Å². The molecule has 2 unspecified atom stereocenters. The topological polar surface area (TPSA) is 36.9 Å². The fourth-order valence-electron chi connectivity index (χ4n) is 2.01. The van der Waals surface area contributed by atoms with Gasteiger partial charge in [-0.05, 0) is 51.0 Å². The van der Waals surface area contributed by atoms with Crippen LogP contribution >= 0.6 is 0 Å². The second-order valence-corrected chi connectivity index (χ2v) is 4.53. The highest BCUT2D eigenvalue weighted by molar-refractivity contribution is 5.31. The molecule has 0 saturated carbocycles. The molecule has 2 rings (SSSR count). The van der Waals surface area contributed by atoms with Crippen LogP contribution in [0.4, 0.5) is 0 Å². The number of benzene rings is 1. The molecule has 0 amide bonds.